The first-order valence-corrected chi connectivity index (χ1v) is 10.7. The molecule has 2 aliphatic heterocycles. The number of halogens is 1. The van der Waals surface area contributed by atoms with Crippen LogP contribution in [-0.2, 0) is 20.7 Å². The van der Waals surface area contributed by atoms with E-state index in [2.05, 4.69) is 11.9 Å². The second-order valence-corrected chi connectivity index (χ2v) is 8.49. The van der Waals surface area contributed by atoms with Gasteiger partial charge in [0.1, 0.15) is 11.9 Å². The molecule has 2 aromatic carbocycles. The smallest absolute Gasteiger partial charge is 0.314 e. The predicted molar refractivity (Wildman–Crippen MR) is 122 cm³/mol. The van der Waals surface area contributed by atoms with Gasteiger partial charge < -0.3 is 14.4 Å². The van der Waals surface area contributed by atoms with Gasteiger partial charge in [-0.25, -0.2) is 0 Å². The third kappa shape index (κ3) is 5.66. The summed E-state index contributed by atoms with van der Waals surface area (Å²) in [6.07, 6.45) is 4.80. The van der Waals surface area contributed by atoms with Crippen molar-refractivity contribution in [2.75, 3.05) is 7.05 Å². The molecule has 0 aromatic heterocycles. The van der Waals surface area contributed by atoms with Gasteiger partial charge in [0.2, 0.25) is 0 Å². The van der Waals surface area contributed by atoms with Gasteiger partial charge in [-0.2, -0.15) is 0 Å². The fourth-order valence-corrected chi connectivity index (χ4v) is 4.82. The minimum Gasteiger partial charge on any atom is -0.462 e. The predicted octanol–water partition coefficient (Wildman–Crippen LogP) is 4.53. The molecule has 166 valence electrons. The van der Waals surface area contributed by atoms with Crippen molar-refractivity contribution in [3.05, 3.63) is 65.7 Å². The molecule has 0 spiro atoms. The number of hydrogen-bond donors (Lipinski definition) is 0. The van der Waals surface area contributed by atoms with Gasteiger partial charge in [-0.1, -0.05) is 42.5 Å². The van der Waals surface area contributed by atoms with Crippen molar-refractivity contribution >= 4 is 24.3 Å². The van der Waals surface area contributed by atoms with Crippen molar-refractivity contribution in [2.24, 2.45) is 0 Å². The van der Waals surface area contributed by atoms with Gasteiger partial charge in [0.05, 0.1) is 5.92 Å². The summed E-state index contributed by atoms with van der Waals surface area (Å²) >= 11 is 0. The van der Waals surface area contributed by atoms with Crippen LogP contribution >= 0.6 is 12.4 Å². The molecule has 2 saturated heterocycles. The molecular weight excluding hydrogens is 414 g/mol. The molecule has 2 aromatic rings. The molecule has 2 unspecified atom stereocenters. The van der Waals surface area contributed by atoms with E-state index in [4.69, 9.17) is 9.47 Å². The molecule has 6 heteroatoms. The van der Waals surface area contributed by atoms with Crippen LogP contribution in [0, 0.1) is 0 Å². The zero-order chi connectivity index (χ0) is 21.1. The van der Waals surface area contributed by atoms with E-state index in [9.17, 15) is 9.59 Å². The van der Waals surface area contributed by atoms with Crippen LogP contribution in [-0.4, -0.2) is 42.1 Å². The highest BCUT2D eigenvalue weighted by molar-refractivity contribution is 5.85. The van der Waals surface area contributed by atoms with Crippen LogP contribution in [0.2, 0.25) is 0 Å². The summed E-state index contributed by atoms with van der Waals surface area (Å²) < 4.78 is 11.2. The van der Waals surface area contributed by atoms with Crippen LogP contribution in [0.25, 0.3) is 0 Å². The molecule has 0 amide bonds. The molecule has 4 rings (SSSR count). The highest BCUT2D eigenvalue weighted by Crippen LogP contribution is 2.36. The molecule has 0 radical (unpaired) electrons. The summed E-state index contributed by atoms with van der Waals surface area (Å²) in [5.74, 6) is -0.352. The first kappa shape index (κ1) is 23.3. The molecule has 0 aliphatic carbocycles. The third-order valence-corrected chi connectivity index (χ3v) is 6.45. The molecule has 0 saturated carbocycles. The largest absolute Gasteiger partial charge is 0.462 e. The summed E-state index contributed by atoms with van der Waals surface area (Å²) in [6.45, 7) is 1.38. The average molecular weight is 444 g/mol. The minimum absolute atomic E-state index is 0. The molecule has 2 heterocycles. The van der Waals surface area contributed by atoms with Gasteiger partial charge in [0, 0.05) is 19.0 Å². The number of carbonyl (C=O) groups excluding carboxylic acids is 2. The van der Waals surface area contributed by atoms with Gasteiger partial charge in [-0.15, -0.1) is 12.4 Å². The van der Waals surface area contributed by atoms with Crippen molar-refractivity contribution in [3.8, 4) is 5.75 Å². The number of benzene rings is 2. The number of carbonyl (C=O) groups is 2. The number of esters is 2. The van der Waals surface area contributed by atoms with Crippen molar-refractivity contribution in [2.45, 2.75) is 63.1 Å². The SMILES string of the molecule is CC(=O)Oc1ccc(CC(C(=O)OC2C[C@H]3CC[C@@H](C2)N3C)c2ccccc2)cc1.Cl. The molecule has 2 aliphatic rings. The molecule has 4 atom stereocenters. The fourth-order valence-electron chi connectivity index (χ4n) is 4.82. The Morgan fingerprint density at radius 3 is 2.19 bits per heavy atom. The second kappa shape index (κ2) is 10.3. The lowest BCUT2D eigenvalue weighted by Gasteiger charge is -2.36. The van der Waals surface area contributed by atoms with Crippen LogP contribution in [0.1, 0.15) is 49.7 Å². The number of piperidine rings is 1. The summed E-state index contributed by atoms with van der Waals surface area (Å²) in [6, 6.07) is 18.2. The first-order valence-electron chi connectivity index (χ1n) is 10.7. The van der Waals surface area contributed by atoms with Crippen molar-refractivity contribution in [1.29, 1.82) is 0 Å². The monoisotopic (exact) mass is 443 g/mol. The van der Waals surface area contributed by atoms with Crippen LogP contribution in [0.15, 0.2) is 54.6 Å². The van der Waals surface area contributed by atoms with Gasteiger partial charge in [-0.05, 0) is 62.4 Å². The zero-order valence-electron chi connectivity index (χ0n) is 18.0. The maximum absolute atomic E-state index is 13.2. The lowest BCUT2D eigenvalue weighted by molar-refractivity contribution is -0.154. The lowest BCUT2D eigenvalue weighted by atomic mass is 9.91. The number of ether oxygens (including phenoxy) is 2. The van der Waals surface area contributed by atoms with E-state index in [1.807, 2.05) is 42.5 Å². The summed E-state index contributed by atoms with van der Waals surface area (Å²) in [7, 11) is 2.19. The van der Waals surface area contributed by atoms with E-state index in [1.54, 1.807) is 12.1 Å². The van der Waals surface area contributed by atoms with E-state index < -0.39 is 0 Å². The van der Waals surface area contributed by atoms with E-state index >= 15 is 0 Å². The van der Waals surface area contributed by atoms with Gasteiger partial charge in [-0.3, -0.25) is 9.59 Å². The van der Waals surface area contributed by atoms with Crippen LogP contribution in [0.5, 0.6) is 5.75 Å². The fraction of sp³-hybridized carbons (Fsp3) is 0.440. The van der Waals surface area contributed by atoms with Crippen molar-refractivity contribution < 1.29 is 19.1 Å². The highest BCUT2D eigenvalue weighted by atomic mass is 35.5. The normalized spacial score (nSPS) is 23.5. The highest BCUT2D eigenvalue weighted by Gasteiger charge is 2.40. The topological polar surface area (TPSA) is 55.8 Å². The Kier molecular flexibility index (Phi) is 7.74. The summed E-state index contributed by atoms with van der Waals surface area (Å²) in [5.41, 5.74) is 1.96. The average Bonchev–Trinajstić information content (AvgIpc) is 2.94. The van der Waals surface area contributed by atoms with Crippen LogP contribution in [0.4, 0.5) is 0 Å². The molecule has 2 bridgehead atoms. The summed E-state index contributed by atoms with van der Waals surface area (Å²) in [5, 5.41) is 0. The van der Waals surface area contributed by atoms with E-state index in [0.29, 0.717) is 24.3 Å². The van der Waals surface area contributed by atoms with E-state index in [-0.39, 0.29) is 36.4 Å². The Balaban J connectivity index is 0.00000272. The lowest BCUT2D eigenvalue weighted by Crippen LogP contribution is -2.43. The van der Waals surface area contributed by atoms with Crippen molar-refractivity contribution in [3.63, 3.8) is 0 Å². The molecule has 0 N–H and O–H groups in total. The molecule has 2 fully saturated rings. The number of nitrogens with zero attached hydrogens (tertiary/aromatic N) is 1. The van der Waals surface area contributed by atoms with Gasteiger partial charge in [0.15, 0.2) is 0 Å². The first-order chi connectivity index (χ1) is 14.5. The number of hydrogen-bond acceptors (Lipinski definition) is 5. The number of rotatable bonds is 6. The Morgan fingerprint density at radius 1 is 1.00 bits per heavy atom. The Bertz CT molecular complexity index is 872. The molecular formula is C25H30ClNO4. The minimum atomic E-state index is -0.358. The zero-order valence-corrected chi connectivity index (χ0v) is 18.8. The quantitative estimate of drug-likeness (QED) is 0.485. The Hall–Kier alpha value is -2.37. The van der Waals surface area contributed by atoms with Gasteiger partial charge in [0.25, 0.3) is 0 Å². The number of fused-ring (bicyclic) bond motifs is 2. The van der Waals surface area contributed by atoms with E-state index in [0.717, 1.165) is 24.0 Å². The Labute approximate surface area is 190 Å². The van der Waals surface area contributed by atoms with Crippen LogP contribution in [0.3, 0.4) is 0 Å². The maximum atomic E-state index is 13.2. The second-order valence-electron chi connectivity index (χ2n) is 8.49. The third-order valence-electron chi connectivity index (χ3n) is 6.45. The maximum Gasteiger partial charge on any atom is 0.314 e. The van der Waals surface area contributed by atoms with Crippen molar-refractivity contribution in [1.82, 2.24) is 4.90 Å². The standard InChI is InChI=1S/C25H29NO4.ClH/c1-17(27)29-22-12-8-18(9-13-22)14-24(19-6-4-3-5-7-19)25(28)30-23-15-20-10-11-21(16-23)26(20)2;/h3-9,12-13,20-21,23-24H,10-11,14-16H2,1-2H3;1H/t20-,21+,23?,24?;. The molecule has 5 nitrogen and oxygen atoms in total. The van der Waals surface area contributed by atoms with Crippen LogP contribution < -0.4 is 4.74 Å². The summed E-state index contributed by atoms with van der Waals surface area (Å²) in [4.78, 5) is 26.8. The Morgan fingerprint density at radius 2 is 1.61 bits per heavy atom. The van der Waals surface area contributed by atoms with Gasteiger partial charge >= 0.3 is 11.9 Å². The molecule has 31 heavy (non-hydrogen) atoms. The van der Waals surface area contributed by atoms with E-state index in [1.165, 1.54) is 19.8 Å².